The monoisotopic (exact) mass is 236 g/mol. The highest BCUT2D eigenvalue weighted by molar-refractivity contribution is 9.08. The maximum atomic E-state index is 4.18. The van der Waals surface area contributed by atoms with Crippen molar-refractivity contribution in [3.05, 3.63) is 42.7 Å². The summed E-state index contributed by atoms with van der Waals surface area (Å²) in [5.41, 5.74) is 3.09. The van der Waals surface area contributed by atoms with Crippen molar-refractivity contribution in [3.8, 4) is 11.1 Å². The van der Waals surface area contributed by atoms with Gasteiger partial charge in [-0.1, -0.05) is 46.3 Å². The van der Waals surface area contributed by atoms with Gasteiger partial charge in [-0.15, -0.1) is 0 Å². The van der Waals surface area contributed by atoms with Gasteiger partial charge in [-0.05, 0) is 5.56 Å². The third-order valence-electron chi connectivity index (χ3n) is 1.86. The Bertz CT molecular complexity index is 381. The Morgan fingerprint density at radius 3 is 2.54 bits per heavy atom. The Labute approximate surface area is 85.3 Å². The molecule has 2 nitrogen and oxygen atoms in total. The van der Waals surface area contributed by atoms with Crippen molar-refractivity contribution in [2.45, 2.75) is 5.45 Å². The molecule has 0 atom stereocenters. The molecule has 0 unspecified atom stereocenters. The van der Waals surface area contributed by atoms with Crippen molar-refractivity contribution in [2.75, 3.05) is 0 Å². The first-order valence-electron chi connectivity index (χ1n) is 4.04. The zero-order chi connectivity index (χ0) is 9.10. The normalized spacial score (nSPS) is 10.2. The Balaban J connectivity index is 2.36. The van der Waals surface area contributed by atoms with E-state index in [9.17, 15) is 0 Å². The summed E-state index contributed by atoms with van der Waals surface area (Å²) in [6.45, 7) is 0. The summed E-state index contributed by atoms with van der Waals surface area (Å²) in [6.07, 6.45) is 3.89. The second-order valence-corrected chi connectivity index (χ2v) is 3.26. The fourth-order valence-corrected chi connectivity index (χ4v) is 1.48. The van der Waals surface area contributed by atoms with E-state index in [1.54, 1.807) is 0 Å². The van der Waals surface area contributed by atoms with Crippen LogP contribution in [0.25, 0.3) is 11.1 Å². The van der Waals surface area contributed by atoms with Gasteiger partial charge in [0.15, 0.2) is 0 Å². The molecule has 66 valence electrons. The van der Waals surface area contributed by atoms with Crippen LogP contribution in [0.1, 0.15) is 0 Å². The molecule has 0 spiro atoms. The average Bonchev–Trinajstić information content (AvgIpc) is 2.67. The molecule has 0 saturated heterocycles. The Hall–Kier alpha value is -1.09. The number of halogens is 1. The predicted octanol–water partition coefficient (Wildman–Crippen LogP) is 2.90. The number of nitrogens with zero attached hydrogens (tertiary/aromatic N) is 2. The molecule has 1 heterocycles. The summed E-state index contributed by atoms with van der Waals surface area (Å²) < 4.78 is 1.85. The summed E-state index contributed by atoms with van der Waals surface area (Å²) in [4.78, 5) is 0. The summed E-state index contributed by atoms with van der Waals surface area (Å²) in [5.74, 6) is 0. The number of benzene rings is 1. The summed E-state index contributed by atoms with van der Waals surface area (Å²) in [7, 11) is 0. The van der Waals surface area contributed by atoms with Crippen molar-refractivity contribution in [3.63, 3.8) is 0 Å². The molecular formula is C10H9BrN2. The highest BCUT2D eigenvalue weighted by Gasteiger charge is 1.98. The van der Waals surface area contributed by atoms with Crippen molar-refractivity contribution in [1.82, 2.24) is 9.78 Å². The van der Waals surface area contributed by atoms with Crippen LogP contribution in [0, 0.1) is 0 Å². The molecular weight excluding hydrogens is 228 g/mol. The van der Waals surface area contributed by atoms with Gasteiger partial charge in [0.25, 0.3) is 0 Å². The molecule has 13 heavy (non-hydrogen) atoms. The molecule has 0 bridgehead atoms. The van der Waals surface area contributed by atoms with E-state index in [2.05, 4.69) is 33.2 Å². The molecule has 1 aromatic heterocycles. The molecule has 0 N–H and O–H groups in total. The number of aromatic nitrogens is 2. The molecule has 0 radical (unpaired) electrons. The fraction of sp³-hybridized carbons (Fsp3) is 0.100. The molecule has 0 amide bonds. The minimum Gasteiger partial charge on any atom is -0.261 e. The lowest BCUT2D eigenvalue weighted by Crippen LogP contribution is -1.89. The van der Waals surface area contributed by atoms with Crippen LogP contribution < -0.4 is 0 Å². The van der Waals surface area contributed by atoms with Crippen LogP contribution in [0.5, 0.6) is 0 Å². The molecule has 1 aromatic carbocycles. The number of hydrogen-bond acceptors (Lipinski definition) is 1. The highest BCUT2D eigenvalue weighted by atomic mass is 79.9. The number of rotatable bonds is 2. The van der Waals surface area contributed by atoms with Crippen molar-refractivity contribution in [1.29, 1.82) is 0 Å². The van der Waals surface area contributed by atoms with E-state index in [1.807, 2.05) is 35.3 Å². The van der Waals surface area contributed by atoms with Crippen molar-refractivity contribution < 1.29 is 0 Å². The van der Waals surface area contributed by atoms with Crippen LogP contribution in [0.2, 0.25) is 0 Å². The molecule has 2 rings (SSSR count). The molecule has 0 aliphatic rings. The first-order chi connectivity index (χ1) is 6.40. The Morgan fingerprint density at radius 1 is 1.15 bits per heavy atom. The Kier molecular flexibility index (Phi) is 2.45. The molecule has 0 fully saturated rings. The van der Waals surface area contributed by atoms with E-state index in [-0.39, 0.29) is 0 Å². The summed E-state index contributed by atoms with van der Waals surface area (Å²) in [6, 6.07) is 10.2. The van der Waals surface area contributed by atoms with Gasteiger partial charge in [-0.2, -0.15) is 5.10 Å². The van der Waals surface area contributed by atoms with Gasteiger partial charge in [0.2, 0.25) is 0 Å². The lowest BCUT2D eigenvalue weighted by Gasteiger charge is -1.94. The van der Waals surface area contributed by atoms with Crippen LogP contribution in [-0.2, 0) is 5.45 Å². The first-order valence-corrected chi connectivity index (χ1v) is 5.16. The first kappa shape index (κ1) is 8.51. The van der Waals surface area contributed by atoms with Gasteiger partial charge in [0.05, 0.1) is 11.7 Å². The predicted molar refractivity (Wildman–Crippen MR) is 56.6 cm³/mol. The van der Waals surface area contributed by atoms with Gasteiger partial charge in [0, 0.05) is 11.8 Å². The summed E-state index contributed by atoms with van der Waals surface area (Å²) >= 11 is 3.34. The van der Waals surface area contributed by atoms with E-state index in [1.165, 1.54) is 5.56 Å². The molecule has 0 aliphatic heterocycles. The fourth-order valence-electron chi connectivity index (χ4n) is 1.21. The van der Waals surface area contributed by atoms with E-state index < -0.39 is 0 Å². The van der Waals surface area contributed by atoms with Crippen LogP contribution >= 0.6 is 15.9 Å². The van der Waals surface area contributed by atoms with E-state index in [0.29, 0.717) is 0 Å². The topological polar surface area (TPSA) is 17.8 Å². The molecule has 0 aliphatic carbocycles. The number of hydrogen-bond donors (Lipinski definition) is 0. The van der Waals surface area contributed by atoms with Gasteiger partial charge in [0.1, 0.15) is 0 Å². The largest absolute Gasteiger partial charge is 0.261 e. The van der Waals surface area contributed by atoms with Crippen molar-refractivity contribution >= 4 is 15.9 Å². The lowest BCUT2D eigenvalue weighted by molar-refractivity contribution is 0.759. The second-order valence-electron chi connectivity index (χ2n) is 2.75. The van der Waals surface area contributed by atoms with E-state index >= 15 is 0 Å². The SMILES string of the molecule is BrCn1cc(-c2ccccc2)cn1. The smallest absolute Gasteiger partial charge is 0.0959 e. The minimum atomic E-state index is 0.736. The third kappa shape index (κ3) is 1.80. The lowest BCUT2D eigenvalue weighted by atomic mass is 10.1. The van der Waals surface area contributed by atoms with Gasteiger partial charge in [-0.25, -0.2) is 0 Å². The minimum absolute atomic E-state index is 0.736. The quantitative estimate of drug-likeness (QED) is 0.734. The maximum absolute atomic E-state index is 4.18. The maximum Gasteiger partial charge on any atom is 0.0959 e. The summed E-state index contributed by atoms with van der Waals surface area (Å²) in [5, 5.41) is 4.18. The molecule has 2 aromatic rings. The van der Waals surface area contributed by atoms with Gasteiger partial charge in [-0.3, -0.25) is 4.68 Å². The van der Waals surface area contributed by atoms with E-state index in [0.717, 1.165) is 11.0 Å². The van der Waals surface area contributed by atoms with Gasteiger partial charge < -0.3 is 0 Å². The third-order valence-corrected chi connectivity index (χ3v) is 2.38. The zero-order valence-electron chi connectivity index (χ0n) is 7.02. The van der Waals surface area contributed by atoms with Crippen LogP contribution in [0.3, 0.4) is 0 Å². The highest BCUT2D eigenvalue weighted by Crippen LogP contribution is 2.17. The molecule has 3 heteroatoms. The van der Waals surface area contributed by atoms with E-state index in [4.69, 9.17) is 0 Å². The van der Waals surface area contributed by atoms with Crippen LogP contribution in [0.4, 0.5) is 0 Å². The van der Waals surface area contributed by atoms with Crippen LogP contribution in [0.15, 0.2) is 42.7 Å². The Morgan fingerprint density at radius 2 is 1.92 bits per heavy atom. The number of alkyl halides is 1. The average molecular weight is 237 g/mol. The second kappa shape index (κ2) is 3.75. The van der Waals surface area contributed by atoms with Crippen molar-refractivity contribution in [2.24, 2.45) is 0 Å². The van der Waals surface area contributed by atoms with Crippen LogP contribution in [-0.4, -0.2) is 9.78 Å². The zero-order valence-corrected chi connectivity index (χ0v) is 8.61. The molecule has 0 saturated carbocycles. The van der Waals surface area contributed by atoms with Gasteiger partial charge >= 0.3 is 0 Å². The standard InChI is InChI=1S/C10H9BrN2/c11-8-13-7-10(6-12-13)9-4-2-1-3-5-9/h1-7H,8H2.